The Kier molecular flexibility index (Phi) is 5.15. The molecule has 0 fully saturated rings. The first kappa shape index (κ1) is 25.1. The highest BCUT2D eigenvalue weighted by Gasteiger charge is 2.29. The van der Waals surface area contributed by atoms with Gasteiger partial charge in [0.2, 0.25) is 0 Å². The Bertz CT molecular complexity index is 2660. The van der Waals surface area contributed by atoms with E-state index < -0.39 is 9.05 Å². The highest BCUT2D eigenvalue weighted by atomic mass is 35.7. The first-order valence-corrected chi connectivity index (χ1v) is 16.0. The van der Waals surface area contributed by atoms with Crippen LogP contribution in [0.25, 0.3) is 89.4 Å². The van der Waals surface area contributed by atoms with E-state index in [2.05, 4.69) is 9.97 Å². The van der Waals surface area contributed by atoms with Crippen molar-refractivity contribution >= 4 is 63.7 Å². The first-order valence-electron chi connectivity index (χ1n) is 13.7. The molecule has 4 aromatic carbocycles. The van der Waals surface area contributed by atoms with Gasteiger partial charge in [-0.15, -0.1) is 0 Å². The van der Waals surface area contributed by atoms with E-state index >= 15 is 0 Å². The number of fused-ring (bicyclic) bond motifs is 20. The van der Waals surface area contributed by atoms with Gasteiger partial charge in [-0.2, -0.15) is 0 Å². The highest BCUT2D eigenvalue weighted by Crippen LogP contribution is 2.42. The number of nitrogens with zero attached hydrogens (tertiary/aromatic N) is 5. The molecule has 0 atom stereocenters. The quantitative estimate of drug-likeness (QED) is 0.185. The SMILES string of the molecule is O=S(=O)(Cl)c1c2nc(nc3[nH]c(nc4nc(nc5[nH]c1c1ccccc51)-c1ccccc1-4)c1ccccc31)-c1ccccc1-2. The minimum absolute atomic E-state index is 0.158. The third-order valence-corrected chi connectivity index (χ3v) is 9.32. The molecule has 0 radical (unpaired) electrons. The lowest BCUT2D eigenvalue weighted by Gasteiger charge is -2.03. The van der Waals surface area contributed by atoms with E-state index in [-0.39, 0.29) is 16.1 Å². The zero-order chi connectivity index (χ0) is 29.6. The third kappa shape index (κ3) is 3.65. The zero-order valence-corrected chi connectivity index (χ0v) is 24.1. The van der Waals surface area contributed by atoms with Gasteiger partial charge in [-0.3, -0.25) is 0 Å². The summed E-state index contributed by atoms with van der Waals surface area (Å²) < 4.78 is 26.9. The van der Waals surface area contributed by atoms with E-state index in [9.17, 15) is 8.42 Å². The van der Waals surface area contributed by atoms with Crippen molar-refractivity contribution in [2.45, 2.75) is 4.90 Å². The number of halogens is 1. The van der Waals surface area contributed by atoms with Crippen molar-refractivity contribution in [3.05, 3.63) is 97.1 Å². The van der Waals surface area contributed by atoms with Crippen LogP contribution in [0.4, 0.5) is 0 Å². The molecular weight excluding hydrogens is 594 g/mol. The maximum atomic E-state index is 13.5. The minimum Gasteiger partial charge on any atom is -0.338 e. The maximum absolute atomic E-state index is 13.5. The summed E-state index contributed by atoms with van der Waals surface area (Å²) in [6.45, 7) is 0. The molecule has 0 saturated carbocycles. The number of aromatic amines is 2. The van der Waals surface area contributed by atoms with Gasteiger partial charge >= 0.3 is 0 Å². The van der Waals surface area contributed by atoms with E-state index in [1.807, 2.05) is 97.1 Å². The fourth-order valence-electron chi connectivity index (χ4n) is 6.05. The van der Waals surface area contributed by atoms with Crippen molar-refractivity contribution in [3.8, 4) is 45.4 Å². The number of hydrogen-bond donors (Lipinski definition) is 2. The normalized spacial score (nSPS) is 12.4. The number of H-pyrrole nitrogens is 2. The second-order valence-corrected chi connectivity index (χ2v) is 13.0. The van der Waals surface area contributed by atoms with Crippen LogP contribution in [0.3, 0.4) is 0 Å². The van der Waals surface area contributed by atoms with Crippen LogP contribution in [0.5, 0.6) is 0 Å². The molecule has 210 valence electrons. The van der Waals surface area contributed by atoms with E-state index in [1.165, 1.54) is 0 Å². The largest absolute Gasteiger partial charge is 0.338 e. The number of aromatic nitrogens is 7. The standard InChI is InChI=1S/C33H18ClN7O2S/c34-44(42,43)27-25-17-9-1-3-11-19(17)28(35-25)37-30-21-13-5-7-15-23(21)32(39-30)41-33-24-16-8-6-14-22(24)31(40-33)38-29-20-12-4-2-10-18(20)26(27)36-29/h1-16H,(H2,35,36,37,38,39,40,41). The van der Waals surface area contributed by atoms with Gasteiger partial charge in [-0.25, -0.2) is 33.3 Å². The van der Waals surface area contributed by atoms with Gasteiger partial charge in [-0.05, 0) is 0 Å². The lowest BCUT2D eigenvalue weighted by atomic mass is 10.1. The van der Waals surface area contributed by atoms with E-state index in [0.717, 1.165) is 21.9 Å². The molecule has 3 aromatic heterocycles. The number of benzene rings is 4. The Labute approximate surface area is 253 Å². The van der Waals surface area contributed by atoms with E-state index in [1.54, 1.807) is 0 Å². The topological polar surface area (TPSA) is 130 Å². The van der Waals surface area contributed by atoms with Gasteiger partial charge in [0.15, 0.2) is 17.5 Å². The van der Waals surface area contributed by atoms with Crippen molar-refractivity contribution in [2.75, 3.05) is 0 Å². The zero-order valence-electron chi connectivity index (χ0n) is 22.6. The summed E-state index contributed by atoms with van der Waals surface area (Å²) in [7, 11) is 1.90. The van der Waals surface area contributed by atoms with Crippen molar-refractivity contribution in [1.29, 1.82) is 0 Å². The van der Waals surface area contributed by atoms with Gasteiger partial charge in [0.1, 0.15) is 21.8 Å². The Hall–Kier alpha value is -5.45. The fourth-order valence-corrected chi connectivity index (χ4v) is 7.30. The second kappa shape index (κ2) is 9.03. The van der Waals surface area contributed by atoms with Crippen LogP contribution in [-0.4, -0.2) is 43.3 Å². The average Bonchev–Trinajstić information content (AvgIpc) is 3.76. The van der Waals surface area contributed by atoms with Crippen molar-refractivity contribution in [1.82, 2.24) is 34.9 Å². The molecule has 44 heavy (non-hydrogen) atoms. The highest BCUT2D eigenvalue weighted by molar-refractivity contribution is 8.14. The predicted molar refractivity (Wildman–Crippen MR) is 171 cm³/mol. The monoisotopic (exact) mass is 611 g/mol. The maximum Gasteiger partial charge on any atom is 0.265 e. The Morgan fingerprint density at radius 1 is 0.477 bits per heavy atom. The Balaban J connectivity index is 1.58. The summed E-state index contributed by atoms with van der Waals surface area (Å²) in [6.07, 6.45) is 0. The molecule has 5 heterocycles. The van der Waals surface area contributed by atoms with Crippen LogP contribution in [0.1, 0.15) is 0 Å². The summed E-state index contributed by atoms with van der Waals surface area (Å²) in [4.78, 5) is 31.0. The summed E-state index contributed by atoms with van der Waals surface area (Å²) in [5.41, 5.74) is 4.93. The van der Waals surface area contributed by atoms with E-state index in [0.29, 0.717) is 56.3 Å². The van der Waals surface area contributed by atoms with Crippen LogP contribution in [0, 0.1) is 0 Å². The first-order chi connectivity index (χ1) is 21.4. The fraction of sp³-hybridized carbons (Fsp3) is 0. The van der Waals surface area contributed by atoms with Crippen LogP contribution in [0.15, 0.2) is 102 Å². The Morgan fingerprint density at radius 3 is 1.43 bits per heavy atom. The molecule has 7 aromatic rings. The van der Waals surface area contributed by atoms with Crippen LogP contribution >= 0.6 is 10.7 Å². The van der Waals surface area contributed by atoms with Crippen LogP contribution in [0.2, 0.25) is 0 Å². The number of nitrogens with one attached hydrogen (secondary N) is 2. The minimum atomic E-state index is -4.34. The van der Waals surface area contributed by atoms with Gasteiger partial charge in [0, 0.05) is 54.5 Å². The summed E-state index contributed by atoms with van der Waals surface area (Å²) in [5.74, 6) is 1.29. The molecular formula is C33H18ClN7O2S. The summed E-state index contributed by atoms with van der Waals surface area (Å²) in [5, 5.41) is 3.02. The van der Waals surface area contributed by atoms with Crippen molar-refractivity contribution in [3.63, 3.8) is 0 Å². The molecule has 0 amide bonds. The van der Waals surface area contributed by atoms with E-state index in [4.69, 9.17) is 35.6 Å². The molecule has 0 aliphatic carbocycles. The van der Waals surface area contributed by atoms with Gasteiger partial charge in [-0.1, -0.05) is 97.1 Å². The summed E-state index contributed by atoms with van der Waals surface area (Å²) >= 11 is 0. The number of hydrogen-bond acceptors (Lipinski definition) is 7. The summed E-state index contributed by atoms with van der Waals surface area (Å²) in [6, 6.07) is 30.3. The Morgan fingerprint density at radius 2 is 0.886 bits per heavy atom. The molecule has 9 rings (SSSR count). The van der Waals surface area contributed by atoms with Crippen molar-refractivity contribution < 1.29 is 8.42 Å². The van der Waals surface area contributed by atoms with Crippen LogP contribution in [-0.2, 0) is 9.05 Å². The molecule has 2 N–H and O–H groups in total. The van der Waals surface area contributed by atoms with Gasteiger partial charge in [0.25, 0.3) is 9.05 Å². The molecule has 0 unspecified atom stereocenters. The molecule has 9 nitrogen and oxygen atoms in total. The molecule has 11 heteroatoms. The third-order valence-electron chi connectivity index (χ3n) is 7.97. The van der Waals surface area contributed by atoms with Gasteiger partial charge in [0.05, 0.1) is 11.2 Å². The van der Waals surface area contributed by atoms with Gasteiger partial charge < -0.3 is 9.97 Å². The molecule has 0 spiro atoms. The molecule has 8 bridgehead atoms. The lowest BCUT2D eigenvalue weighted by Crippen LogP contribution is -1.95. The lowest BCUT2D eigenvalue weighted by molar-refractivity contribution is 0.610. The molecule has 2 aliphatic heterocycles. The second-order valence-electron chi connectivity index (χ2n) is 10.5. The van der Waals surface area contributed by atoms with Crippen LogP contribution < -0.4 is 0 Å². The van der Waals surface area contributed by atoms with Crippen molar-refractivity contribution in [2.24, 2.45) is 0 Å². The predicted octanol–water partition coefficient (Wildman–Crippen LogP) is 7.40. The number of rotatable bonds is 1. The average molecular weight is 612 g/mol. The molecule has 0 saturated heterocycles. The smallest absolute Gasteiger partial charge is 0.265 e. The molecule has 2 aliphatic rings.